The lowest BCUT2D eigenvalue weighted by atomic mass is 9.82. The zero-order chi connectivity index (χ0) is 113. The van der Waals surface area contributed by atoms with Crippen molar-refractivity contribution in [1.82, 2.24) is 71.4 Å². The van der Waals surface area contributed by atoms with Crippen molar-refractivity contribution in [2.45, 2.75) is 255 Å². The largest absolute Gasteiger partial charge is 0.481 e. The number of aliphatic hydroxyl groups is 2. The number of carbonyl (C=O) groups is 19. The molecular formula is C107H144F4N16O23. The number of Topliss-reactive ketones (excluding diaryl/α,β-unsaturated/α-hetero) is 4. The molecule has 4 aromatic carbocycles. The molecule has 7 rings (SSSR count). The van der Waals surface area contributed by atoms with Crippen LogP contribution in [-0.2, 0) is 111 Å². The molecule has 10 atom stereocenters. The van der Waals surface area contributed by atoms with Gasteiger partial charge in [-0.1, -0.05) is 144 Å². The number of nitrogens with zero attached hydrogens (tertiary/aromatic N) is 6. The third-order valence-corrected chi connectivity index (χ3v) is 23.9. The molecule has 13 amide bonds. The number of halogens is 4. The number of carboxylic acid groups (broad SMARTS) is 2. The quantitative estimate of drug-likeness (QED) is 0.0127. The highest BCUT2D eigenvalue weighted by atomic mass is 19.1. The summed E-state index contributed by atoms with van der Waals surface area (Å²) in [6.45, 7) is 21.8. The zero-order valence-electron chi connectivity index (χ0n) is 87.8. The highest BCUT2D eigenvalue weighted by Gasteiger charge is 2.42. The number of carboxylic acids is 2. The van der Waals surface area contributed by atoms with Gasteiger partial charge in [0.1, 0.15) is 66.4 Å². The van der Waals surface area contributed by atoms with E-state index in [4.69, 9.17) is 21.7 Å². The standard InChI is InChI=1S/C56H71F2N9O12.C47H61F2N7O11.2C2H6/c1-34(25-46(70)35(2)65(6)49(73)26-36-18-22-60-23-19-36)53(77)64-44(29-47(59)71)55(79)63-43(54(78)61-21-10-13-40(69)30-62-48(72)16-17-51(75)76)20-24-67(50(74)33-68)52(56(3,4)5)45-27-38(41-28-39(57)14-15-42(41)58)32-66(45)31-37-11-8-7-9-12-37;1-27(20-38(59)28(2)52-40(61)16-13-32(58)14-17-42(63)64)44(65)54-36(23-39(50)60)46(67)53-35(45(66)51-6)18-19-56(41(62)26-57)43(47(3,4)5)37-21-30(33-22-31(48)12-15-34(33)49)25-55(37)24-29-10-8-7-9-11-29;2*1-2/h7-9,11-12,14-15,18-19,22-23,27-28,32,34-35,43-44,52,68H,10,13,16-17,20-21,24-26,29-31,33H2,1-6H3,(H2,59,71)(H,61,78)(H,62,72)(H,63,79)(H,64,77)(H,75,76);7-12,15,21-22,25,27-28,35-36,43,57H,13-14,16-20,23-24,26H2,1-6H3,(H2,50,60)(H,51,66)(H,52,61)(H,53,67)(H,54,65)(H,63,64);2*1-2H3/t34-,35+,43+,44+,52+;27-,28+,35+,36+,43+;;/m11../s1. The van der Waals surface area contributed by atoms with E-state index in [0.717, 1.165) is 47.5 Å². The molecule has 0 spiro atoms. The normalized spacial score (nSPS) is 13.0. The second kappa shape index (κ2) is 62.9. The predicted octanol–water partition coefficient (Wildman–Crippen LogP) is 7.89. The lowest BCUT2D eigenvalue weighted by molar-refractivity contribution is -0.141. The van der Waals surface area contributed by atoms with Crippen molar-refractivity contribution in [3.05, 3.63) is 197 Å². The maximum atomic E-state index is 15.4. The van der Waals surface area contributed by atoms with E-state index in [1.165, 1.54) is 68.9 Å². The van der Waals surface area contributed by atoms with Crippen molar-refractivity contribution >= 4 is 112 Å². The molecule has 39 nitrogen and oxygen atoms in total. The van der Waals surface area contributed by atoms with Gasteiger partial charge in [0.15, 0.2) is 17.3 Å². The Morgan fingerprint density at radius 3 is 1.26 bits per heavy atom. The van der Waals surface area contributed by atoms with Crippen molar-refractivity contribution in [3.8, 4) is 22.3 Å². The Labute approximate surface area is 870 Å². The van der Waals surface area contributed by atoms with Crippen LogP contribution in [0, 0.1) is 45.9 Å². The van der Waals surface area contributed by atoms with Gasteiger partial charge in [0.25, 0.3) is 0 Å². The van der Waals surface area contributed by atoms with E-state index in [9.17, 15) is 110 Å². The molecule has 3 aromatic heterocycles. The van der Waals surface area contributed by atoms with Crippen LogP contribution >= 0.6 is 0 Å². The van der Waals surface area contributed by atoms with Gasteiger partial charge in [0.05, 0.1) is 62.8 Å². The summed E-state index contributed by atoms with van der Waals surface area (Å²) in [5.41, 5.74) is 13.0. The molecule has 0 radical (unpaired) electrons. The monoisotopic (exact) mass is 2100 g/mol. The third-order valence-electron chi connectivity index (χ3n) is 23.9. The molecule has 43 heteroatoms. The van der Waals surface area contributed by atoms with Crippen LogP contribution in [0.15, 0.2) is 146 Å². The Morgan fingerprint density at radius 1 is 0.440 bits per heavy atom. The van der Waals surface area contributed by atoms with Crippen molar-refractivity contribution in [1.29, 1.82) is 0 Å². The van der Waals surface area contributed by atoms with Crippen LogP contribution in [0.2, 0.25) is 0 Å². The van der Waals surface area contributed by atoms with Gasteiger partial charge in [-0.05, 0) is 121 Å². The molecule has 0 fully saturated rings. The number of aliphatic carboxylic acids is 2. The van der Waals surface area contributed by atoms with Gasteiger partial charge >= 0.3 is 11.9 Å². The van der Waals surface area contributed by atoms with Crippen LogP contribution < -0.4 is 54.0 Å². The molecule has 150 heavy (non-hydrogen) atoms. The maximum Gasteiger partial charge on any atom is 0.303 e. The number of pyridine rings is 1. The molecule has 0 unspecified atom stereocenters. The van der Waals surface area contributed by atoms with Crippen LogP contribution in [0.4, 0.5) is 17.6 Å². The lowest BCUT2D eigenvalue weighted by Gasteiger charge is -2.41. The highest BCUT2D eigenvalue weighted by molar-refractivity contribution is 5.99. The fourth-order valence-electron chi connectivity index (χ4n) is 16.0. The molecule has 7 aromatic rings. The summed E-state index contributed by atoms with van der Waals surface area (Å²) < 4.78 is 63.3. The van der Waals surface area contributed by atoms with Gasteiger partial charge in [-0.3, -0.25) is 96.1 Å². The highest BCUT2D eigenvalue weighted by Crippen LogP contribution is 2.44. The number of hydrogen-bond acceptors (Lipinski definition) is 22. The number of benzene rings is 4. The number of hydrogen-bond donors (Lipinski definition) is 14. The van der Waals surface area contributed by atoms with Crippen LogP contribution in [0.5, 0.6) is 0 Å². The first-order valence-electron chi connectivity index (χ1n) is 49.4. The Bertz CT molecular complexity index is 5780. The van der Waals surface area contributed by atoms with Crippen molar-refractivity contribution in [2.75, 3.05) is 53.5 Å². The number of primary amides is 2. The minimum atomic E-state index is -1.70. The summed E-state index contributed by atoms with van der Waals surface area (Å²) in [6.07, 6.45) is 1.35. The molecule has 0 saturated carbocycles. The predicted molar refractivity (Wildman–Crippen MR) is 548 cm³/mol. The second-order valence-electron chi connectivity index (χ2n) is 37.8. The molecular weight excluding hydrogens is 1950 g/mol. The minimum Gasteiger partial charge on any atom is -0.481 e. The van der Waals surface area contributed by atoms with E-state index >= 15 is 8.78 Å². The van der Waals surface area contributed by atoms with Gasteiger partial charge < -0.3 is 98.3 Å². The summed E-state index contributed by atoms with van der Waals surface area (Å²) in [7, 11) is 2.75. The Hall–Kier alpha value is -15.0. The number of rotatable bonds is 57. The lowest BCUT2D eigenvalue weighted by Crippen LogP contribution is -2.56. The number of carbonyl (C=O) groups excluding carboxylic acids is 17. The first-order chi connectivity index (χ1) is 70.7. The van der Waals surface area contributed by atoms with Gasteiger partial charge in [0, 0.05) is 162 Å². The Balaban J connectivity index is 0.000000612. The number of nitrogens with one attached hydrogen (secondary N) is 8. The maximum absolute atomic E-state index is 15.4. The van der Waals surface area contributed by atoms with E-state index in [1.54, 1.807) is 66.6 Å². The SMILES string of the molecule is CC.CC.CNC(=O)[C@H](CCN(C(=O)CO)[C@@H](c1cc(-c2cc(F)ccc2F)cn1Cc1ccccc1)C(C)(C)C)NC(=O)[C@H](CC(N)=O)NC(=O)[C@H](C)CC(=O)[C@H](C)NC(=O)CCC(=O)CCC(=O)O.C[C@H](CC(=O)[C@H](C)N(C)C(=O)Cc1ccncc1)C(=O)N[C@@H](CC(N)=O)C(=O)N[C@@H](CCN(C(=O)CO)[C@@H](c1cc(-c2cc(F)ccc2F)cn1Cc1ccccc1)C(C)(C)C)C(=O)NCCCC(=O)CNC(=O)CCC(=O)O. The summed E-state index contributed by atoms with van der Waals surface area (Å²) in [5, 5.41) is 58.1. The van der Waals surface area contributed by atoms with Crippen molar-refractivity contribution in [2.24, 2.45) is 34.1 Å². The molecule has 818 valence electrons. The number of amides is 13. The summed E-state index contributed by atoms with van der Waals surface area (Å²) in [5.74, 6) is -19.9. The fourth-order valence-corrected chi connectivity index (χ4v) is 16.0. The molecule has 0 bridgehead atoms. The van der Waals surface area contributed by atoms with Gasteiger partial charge in [-0.2, -0.15) is 0 Å². The van der Waals surface area contributed by atoms with E-state index < -0.39 is 246 Å². The molecule has 0 aliphatic rings. The van der Waals surface area contributed by atoms with Crippen molar-refractivity contribution < 1.29 is 129 Å². The van der Waals surface area contributed by atoms with Gasteiger partial charge in [-0.15, -0.1) is 0 Å². The zero-order valence-corrected chi connectivity index (χ0v) is 87.8. The first kappa shape index (κ1) is 127. The van der Waals surface area contributed by atoms with E-state index in [-0.39, 0.29) is 126 Å². The summed E-state index contributed by atoms with van der Waals surface area (Å²) in [4.78, 5) is 252. The number of aromatic nitrogens is 3. The molecule has 16 N–H and O–H groups in total. The Kier molecular flexibility index (Phi) is 53.4. The number of nitrogens with two attached hydrogens (primary N) is 2. The third kappa shape index (κ3) is 42.3. The van der Waals surface area contributed by atoms with Crippen LogP contribution in [0.25, 0.3) is 22.3 Å². The van der Waals surface area contributed by atoms with Crippen LogP contribution in [0.3, 0.4) is 0 Å². The smallest absolute Gasteiger partial charge is 0.303 e. The van der Waals surface area contributed by atoms with Crippen molar-refractivity contribution in [3.63, 3.8) is 0 Å². The second-order valence-corrected chi connectivity index (χ2v) is 37.8. The summed E-state index contributed by atoms with van der Waals surface area (Å²) in [6, 6.07) is 20.8. The molecule has 0 saturated heterocycles. The average molecular weight is 2100 g/mol. The topological polar surface area (TPSA) is 586 Å². The molecule has 0 aliphatic heterocycles. The van der Waals surface area contributed by atoms with Gasteiger partial charge in [0.2, 0.25) is 76.8 Å². The van der Waals surface area contributed by atoms with Crippen LogP contribution in [-0.4, -0.2) is 251 Å². The summed E-state index contributed by atoms with van der Waals surface area (Å²) >= 11 is 0. The fraction of sp³-hybridized carbons (Fsp3) is 0.477. The molecule has 3 heterocycles. The average Bonchev–Trinajstić information content (AvgIpc) is 1.61. The van der Waals surface area contributed by atoms with E-state index in [2.05, 4.69) is 47.5 Å². The minimum absolute atomic E-state index is 0.00792. The Morgan fingerprint density at radius 2 is 0.847 bits per heavy atom. The van der Waals surface area contributed by atoms with E-state index in [1.807, 2.05) is 109 Å². The number of aliphatic hydroxyl groups excluding tert-OH is 2. The van der Waals surface area contributed by atoms with E-state index in [0.29, 0.717) is 22.5 Å². The van der Waals surface area contributed by atoms with Gasteiger partial charge in [-0.25, -0.2) is 17.6 Å². The van der Waals surface area contributed by atoms with Crippen LogP contribution in [0.1, 0.15) is 227 Å². The number of ketones is 4. The number of likely N-dealkylation sites (N-methyl/N-ethyl adjacent to an activating group) is 2. The molecule has 0 aliphatic carbocycles. The first-order valence-corrected chi connectivity index (χ1v) is 49.4.